The summed E-state index contributed by atoms with van der Waals surface area (Å²) in [5.74, 6) is -2.28. The topological polar surface area (TPSA) is 0 Å². The first-order chi connectivity index (χ1) is 15.2. The first-order valence-electron chi connectivity index (χ1n) is 9.69. The molecule has 0 radical (unpaired) electrons. The molecule has 0 fully saturated rings. The highest BCUT2D eigenvalue weighted by Crippen LogP contribution is 2.50. The molecular weight excluding hydrogens is 476 g/mol. The third kappa shape index (κ3) is 3.79. The van der Waals surface area contributed by atoms with Gasteiger partial charge in [0.25, 0.3) is 0 Å². The van der Waals surface area contributed by atoms with E-state index in [-0.39, 0.29) is 37.3 Å². The normalized spacial score (nSPS) is 11.1. The number of aryl methyl sites for hydroxylation is 2. The van der Waals surface area contributed by atoms with E-state index in [0.29, 0.717) is 5.56 Å². The predicted molar refractivity (Wildman–Crippen MR) is 127 cm³/mol. The molecule has 0 N–H and O–H groups in total. The molecule has 0 aromatic heterocycles. The van der Waals surface area contributed by atoms with Crippen LogP contribution in [0.15, 0.2) is 60.7 Å². The zero-order chi connectivity index (χ0) is 23.2. The summed E-state index contributed by atoms with van der Waals surface area (Å²) in [6, 6.07) is 15.0. The Kier molecular flexibility index (Phi) is 6.26. The maximum Gasteiger partial charge on any atom is 0.134 e. The Morgan fingerprint density at radius 1 is 0.531 bits per heavy atom. The monoisotopic (exact) mass is 490 g/mol. The van der Waals surface area contributed by atoms with Crippen molar-refractivity contribution in [2.24, 2.45) is 0 Å². The Bertz CT molecular complexity index is 1300. The zero-order valence-corrected chi connectivity index (χ0v) is 19.3. The van der Waals surface area contributed by atoms with E-state index in [1.165, 1.54) is 24.3 Å². The van der Waals surface area contributed by atoms with Crippen molar-refractivity contribution in [3.05, 3.63) is 104 Å². The van der Waals surface area contributed by atoms with Gasteiger partial charge >= 0.3 is 0 Å². The van der Waals surface area contributed by atoms with Crippen molar-refractivity contribution in [3.8, 4) is 33.4 Å². The number of rotatable bonds is 3. The number of benzene rings is 4. The molecule has 0 aliphatic carbocycles. The molecule has 0 spiro atoms. The van der Waals surface area contributed by atoms with Gasteiger partial charge in [-0.3, -0.25) is 0 Å². The van der Waals surface area contributed by atoms with Gasteiger partial charge in [-0.2, -0.15) is 0 Å². The molecule has 0 saturated heterocycles. The fourth-order valence-corrected chi connectivity index (χ4v) is 5.00. The lowest BCUT2D eigenvalue weighted by Gasteiger charge is -2.21. The minimum atomic E-state index is -0.834. The molecule has 0 nitrogen and oxygen atoms in total. The molecule has 4 aromatic carbocycles. The third-order valence-corrected chi connectivity index (χ3v) is 6.39. The minimum Gasteiger partial charge on any atom is -0.206 e. The van der Waals surface area contributed by atoms with Crippen LogP contribution >= 0.6 is 34.8 Å². The molecule has 0 heterocycles. The fourth-order valence-electron chi connectivity index (χ4n) is 4.00. The van der Waals surface area contributed by atoms with Crippen LogP contribution in [-0.4, -0.2) is 0 Å². The second kappa shape index (κ2) is 8.82. The van der Waals surface area contributed by atoms with Gasteiger partial charge in [-0.1, -0.05) is 65.1 Å². The molecule has 0 saturated carbocycles. The smallest absolute Gasteiger partial charge is 0.134 e. The molecular formula is C26H16Cl3F3. The molecule has 0 aliphatic heterocycles. The predicted octanol–water partition coefficient (Wildman–Crippen LogP) is 9.68. The summed E-state index contributed by atoms with van der Waals surface area (Å²) in [5.41, 5.74) is 2.90. The Labute approximate surface area is 199 Å². The van der Waals surface area contributed by atoms with E-state index in [1.54, 1.807) is 6.07 Å². The highest BCUT2D eigenvalue weighted by molar-refractivity contribution is 6.43. The molecule has 4 aromatic rings. The van der Waals surface area contributed by atoms with Crippen LogP contribution < -0.4 is 0 Å². The minimum absolute atomic E-state index is 0.0338. The van der Waals surface area contributed by atoms with Gasteiger partial charge in [0.05, 0.1) is 20.6 Å². The molecule has 6 heteroatoms. The van der Waals surface area contributed by atoms with Gasteiger partial charge in [0, 0.05) is 16.7 Å². The molecule has 0 bridgehead atoms. The number of hydrogen-bond acceptors (Lipinski definition) is 0. The van der Waals surface area contributed by atoms with Crippen LogP contribution in [0.3, 0.4) is 0 Å². The quantitative estimate of drug-likeness (QED) is 0.267. The third-order valence-electron chi connectivity index (χ3n) is 5.39. The summed E-state index contributed by atoms with van der Waals surface area (Å²) in [5, 5.41) is 0.0562. The Morgan fingerprint density at radius 2 is 1.03 bits per heavy atom. The SMILES string of the molecule is Cc1cccc(C)c1-c1cc(Cl)c(-c2c(F)cccc2F)c(Cl)c1-c1c(F)cccc1Cl. The summed E-state index contributed by atoms with van der Waals surface area (Å²) in [6.45, 7) is 3.81. The summed E-state index contributed by atoms with van der Waals surface area (Å²) in [4.78, 5) is 0. The van der Waals surface area contributed by atoms with E-state index in [0.717, 1.165) is 28.8 Å². The van der Waals surface area contributed by atoms with Crippen molar-refractivity contribution in [1.82, 2.24) is 0 Å². The Balaban J connectivity index is 2.21. The van der Waals surface area contributed by atoms with Crippen molar-refractivity contribution in [3.63, 3.8) is 0 Å². The van der Waals surface area contributed by atoms with E-state index in [9.17, 15) is 8.78 Å². The van der Waals surface area contributed by atoms with Gasteiger partial charge in [0.1, 0.15) is 17.5 Å². The summed E-state index contributed by atoms with van der Waals surface area (Å²) in [6.07, 6.45) is 0. The van der Waals surface area contributed by atoms with E-state index >= 15 is 4.39 Å². The van der Waals surface area contributed by atoms with E-state index < -0.39 is 17.5 Å². The van der Waals surface area contributed by atoms with Gasteiger partial charge in [0.2, 0.25) is 0 Å². The Morgan fingerprint density at radius 3 is 1.59 bits per heavy atom. The highest BCUT2D eigenvalue weighted by Gasteiger charge is 2.27. The van der Waals surface area contributed by atoms with E-state index in [4.69, 9.17) is 34.8 Å². The average molecular weight is 492 g/mol. The second-order valence-corrected chi connectivity index (χ2v) is 8.62. The first kappa shape index (κ1) is 22.7. The van der Waals surface area contributed by atoms with Gasteiger partial charge in [-0.15, -0.1) is 0 Å². The van der Waals surface area contributed by atoms with Crippen molar-refractivity contribution < 1.29 is 13.2 Å². The maximum absolute atomic E-state index is 15.1. The molecule has 0 aliphatic rings. The first-order valence-corrected chi connectivity index (χ1v) is 10.8. The van der Waals surface area contributed by atoms with Crippen LogP contribution in [0.4, 0.5) is 13.2 Å². The molecule has 32 heavy (non-hydrogen) atoms. The Hall–Kier alpha value is -2.46. The second-order valence-electron chi connectivity index (χ2n) is 7.43. The standard InChI is InChI=1S/C26H16Cl3F3/c1-13-6-3-7-14(2)21(13)15-12-17(28)24(25-19(31)10-5-11-20(25)32)26(29)22(15)23-16(27)8-4-9-18(23)30/h3-12H,1-2H3. The van der Waals surface area contributed by atoms with Crippen molar-refractivity contribution in [2.75, 3.05) is 0 Å². The number of hydrogen-bond donors (Lipinski definition) is 0. The fraction of sp³-hybridized carbons (Fsp3) is 0.0769. The van der Waals surface area contributed by atoms with Crippen LogP contribution in [0, 0.1) is 31.3 Å². The zero-order valence-electron chi connectivity index (χ0n) is 17.0. The van der Waals surface area contributed by atoms with Crippen molar-refractivity contribution in [1.29, 1.82) is 0 Å². The average Bonchev–Trinajstić information content (AvgIpc) is 2.71. The van der Waals surface area contributed by atoms with Crippen molar-refractivity contribution >= 4 is 34.8 Å². The van der Waals surface area contributed by atoms with Gasteiger partial charge in [-0.25, -0.2) is 13.2 Å². The lowest BCUT2D eigenvalue weighted by atomic mass is 9.87. The van der Waals surface area contributed by atoms with Crippen LogP contribution in [0.5, 0.6) is 0 Å². The summed E-state index contributed by atoms with van der Waals surface area (Å²) >= 11 is 19.7. The van der Waals surface area contributed by atoms with Gasteiger partial charge < -0.3 is 0 Å². The lowest BCUT2D eigenvalue weighted by Crippen LogP contribution is -1.99. The van der Waals surface area contributed by atoms with Crippen LogP contribution in [0.25, 0.3) is 33.4 Å². The van der Waals surface area contributed by atoms with E-state index in [2.05, 4.69) is 0 Å². The van der Waals surface area contributed by atoms with Gasteiger partial charge in [0.15, 0.2) is 0 Å². The summed E-state index contributed by atoms with van der Waals surface area (Å²) < 4.78 is 44.4. The molecule has 162 valence electrons. The highest BCUT2D eigenvalue weighted by atomic mass is 35.5. The van der Waals surface area contributed by atoms with Crippen molar-refractivity contribution in [2.45, 2.75) is 13.8 Å². The molecule has 0 atom stereocenters. The molecule has 0 unspecified atom stereocenters. The molecule has 0 amide bonds. The van der Waals surface area contributed by atoms with Crippen LogP contribution in [0.1, 0.15) is 11.1 Å². The summed E-state index contributed by atoms with van der Waals surface area (Å²) in [7, 11) is 0. The largest absolute Gasteiger partial charge is 0.206 e. The van der Waals surface area contributed by atoms with E-state index in [1.807, 2.05) is 32.0 Å². The van der Waals surface area contributed by atoms with Crippen LogP contribution in [-0.2, 0) is 0 Å². The maximum atomic E-state index is 15.1. The van der Waals surface area contributed by atoms with Gasteiger partial charge in [-0.05, 0) is 66.4 Å². The molecule has 4 rings (SSSR count). The lowest BCUT2D eigenvalue weighted by molar-refractivity contribution is 0.589. The number of halogens is 6. The van der Waals surface area contributed by atoms with Crippen LogP contribution in [0.2, 0.25) is 15.1 Å².